The monoisotopic (exact) mass is 284 g/mol. The molecule has 2 atom stereocenters. The molecule has 0 aliphatic carbocycles. The number of likely N-dealkylation sites (N-methyl/N-ethyl adjacent to an activating group) is 1. The van der Waals surface area contributed by atoms with Gasteiger partial charge in [-0.2, -0.15) is 0 Å². The summed E-state index contributed by atoms with van der Waals surface area (Å²) in [6.07, 6.45) is -1.14. The van der Waals surface area contributed by atoms with Crippen molar-refractivity contribution in [2.45, 2.75) is 19.1 Å². The van der Waals surface area contributed by atoms with E-state index < -0.39 is 12.0 Å². The lowest BCUT2D eigenvalue weighted by molar-refractivity contribution is -0.123. The van der Waals surface area contributed by atoms with Crippen LogP contribution in [0, 0.1) is 0 Å². The number of nitrogens with zero attached hydrogens (tertiary/aromatic N) is 1. The van der Waals surface area contributed by atoms with Gasteiger partial charge in [0.2, 0.25) is 0 Å². The zero-order chi connectivity index (χ0) is 14.2. The van der Waals surface area contributed by atoms with E-state index >= 15 is 0 Å². The molecule has 104 valence electrons. The molecule has 0 radical (unpaired) electrons. The number of ether oxygens (including phenoxy) is 1. The van der Waals surface area contributed by atoms with Crippen LogP contribution in [-0.2, 0) is 9.53 Å². The number of halogens is 1. The largest absolute Gasteiger partial charge is 0.383 e. The molecule has 1 aliphatic rings. The van der Waals surface area contributed by atoms with Crippen molar-refractivity contribution in [1.82, 2.24) is 0 Å². The summed E-state index contributed by atoms with van der Waals surface area (Å²) in [4.78, 5) is 13.4. The molecule has 6 heteroatoms. The van der Waals surface area contributed by atoms with E-state index in [0.29, 0.717) is 22.9 Å². The molecule has 1 heterocycles. The molecule has 0 fully saturated rings. The molecular formula is C13H17ClN2O3. The van der Waals surface area contributed by atoms with Crippen molar-refractivity contribution in [2.75, 3.05) is 31.0 Å². The summed E-state index contributed by atoms with van der Waals surface area (Å²) in [7, 11) is 3.55. The number of aliphatic hydroxyl groups excluding tert-OH is 1. The highest BCUT2D eigenvalue weighted by molar-refractivity contribution is 6.33. The van der Waals surface area contributed by atoms with E-state index in [2.05, 4.69) is 5.32 Å². The first kappa shape index (κ1) is 14.1. The van der Waals surface area contributed by atoms with Crippen LogP contribution in [0.5, 0.6) is 0 Å². The third-order valence-corrected chi connectivity index (χ3v) is 3.67. The van der Waals surface area contributed by atoms with Crippen LogP contribution < -0.4 is 10.2 Å². The Labute approximate surface area is 117 Å². The summed E-state index contributed by atoms with van der Waals surface area (Å²) < 4.78 is 5.12. The number of amides is 1. The molecule has 2 rings (SSSR count). The highest BCUT2D eigenvalue weighted by atomic mass is 35.5. The van der Waals surface area contributed by atoms with Crippen LogP contribution in [0.1, 0.15) is 18.6 Å². The molecule has 1 aromatic rings. The van der Waals surface area contributed by atoms with Gasteiger partial charge in [-0.1, -0.05) is 11.6 Å². The van der Waals surface area contributed by atoms with Crippen LogP contribution in [0.4, 0.5) is 11.4 Å². The quantitative estimate of drug-likeness (QED) is 0.885. The first-order valence-corrected chi connectivity index (χ1v) is 6.37. The van der Waals surface area contributed by atoms with Crippen molar-refractivity contribution in [3.63, 3.8) is 0 Å². The molecule has 5 nitrogen and oxygen atoms in total. The molecule has 0 saturated heterocycles. The smallest absolute Gasteiger partial charge is 0.257 e. The van der Waals surface area contributed by atoms with Gasteiger partial charge in [-0.05, 0) is 19.1 Å². The molecular weight excluding hydrogens is 268 g/mol. The van der Waals surface area contributed by atoms with Crippen LogP contribution in [0.2, 0.25) is 5.02 Å². The van der Waals surface area contributed by atoms with E-state index in [1.165, 1.54) is 0 Å². The Bertz CT molecular complexity index is 507. The highest BCUT2D eigenvalue weighted by Gasteiger charge is 2.30. The van der Waals surface area contributed by atoms with E-state index in [1.807, 2.05) is 18.9 Å². The molecule has 2 unspecified atom stereocenters. The average molecular weight is 285 g/mol. The Hall–Kier alpha value is -1.30. The highest BCUT2D eigenvalue weighted by Crippen LogP contribution is 2.38. The number of anilines is 2. The van der Waals surface area contributed by atoms with Gasteiger partial charge in [0.25, 0.3) is 5.91 Å². The van der Waals surface area contributed by atoms with Gasteiger partial charge in [0, 0.05) is 31.5 Å². The average Bonchev–Trinajstić information content (AvgIpc) is 2.64. The van der Waals surface area contributed by atoms with Crippen LogP contribution in [0.3, 0.4) is 0 Å². The minimum Gasteiger partial charge on any atom is -0.383 e. The van der Waals surface area contributed by atoms with Crippen LogP contribution in [0.25, 0.3) is 0 Å². The van der Waals surface area contributed by atoms with Gasteiger partial charge in [-0.15, -0.1) is 0 Å². The van der Waals surface area contributed by atoms with Crippen LogP contribution in [-0.4, -0.2) is 37.8 Å². The first-order chi connectivity index (χ1) is 8.95. The van der Waals surface area contributed by atoms with Gasteiger partial charge < -0.3 is 20.1 Å². The van der Waals surface area contributed by atoms with Crippen LogP contribution in [0.15, 0.2) is 12.1 Å². The predicted octanol–water partition coefficient (Wildman–Crippen LogP) is 1.80. The number of fused-ring (bicyclic) bond motifs is 1. The normalized spacial score (nSPS) is 19.0. The fourth-order valence-corrected chi connectivity index (χ4v) is 2.42. The number of methoxy groups -OCH3 is 1. The Morgan fingerprint density at radius 3 is 2.89 bits per heavy atom. The Balaban J connectivity index is 2.34. The third kappa shape index (κ3) is 2.54. The lowest BCUT2D eigenvalue weighted by Crippen LogP contribution is -2.32. The zero-order valence-corrected chi connectivity index (χ0v) is 11.9. The van der Waals surface area contributed by atoms with Crippen LogP contribution >= 0.6 is 11.6 Å². The number of benzene rings is 1. The number of carbonyl (C=O) groups is 1. The summed E-state index contributed by atoms with van der Waals surface area (Å²) in [6, 6.07) is 3.55. The second-order valence-corrected chi connectivity index (χ2v) is 5.11. The molecule has 0 aromatic heterocycles. The Morgan fingerprint density at radius 1 is 1.58 bits per heavy atom. The van der Waals surface area contributed by atoms with Gasteiger partial charge in [-0.25, -0.2) is 0 Å². The van der Waals surface area contributed by atoms with Gasteiger partial charge in [0.05, 0.1) is 17.3 Å². The fraction of sp³-hybridized carbons (Fsp3) is 0.462. The molecule has 1 aliphatic heterocycles. The number of hydrogen-bond donors (Lipinski definition) is 2. The fourth-order valence-electron chi connectivity index (χ4n) is 2.11. The minimum absolute atomic E-state index is 0.141. The molecule has 19 heavy (non-hydrogen) atoms. The SMILES string of the molecule is COCC(C)N(C)c1cc2c(cc1Cl)C(O)C(=O)N2. The number of rotatable bonds is 4. The molecule has 0 bridgehead atoms. The molecule has 0 spiro atoms. The van der Waals surface area contributed by atoms with E-state index in [9.17, 15) is 9.90 Å². The number of aliphatic hydroxyl groups is 1. The number of carbonyl (C=O) groups excluding carboxylic acids is 1. The summed E-state index contributed by atoms with van der Waals surface area (Å²) in [5.41, 5.74) is 1.92. The Kier molecular flexibility index (Phi) is 3.99. The Morgan fingerprint density at radius 2 is 2.26 bits per heavy atom. The summed E-state index contributed by atoms with van der Waals surface area (Å²) in [5, 5.41) is 12.8. The predicted molar refractivity (Wildman–Crippen MR) is 74.8 cm³/mol. The van der Waals surface area contributed by atoms with E-state index in [-0.39, 0.29) is 6.04 Å². The molecule has 0 saturated carbocycles. The lowest BCUT2D eigenvalue weighted by Gasteiger charge is -2.27. The van der Waals surface area contributed by atoms with E-state index in [0.717, 1.165) is 5.69 Å². The van der Waals surface area contributed by atoms with E-state index in [4.69, 9.17) is 16.3 Å². The number of hydrogen-bond acceptors (Lipinski definition) is 4. The molecule has 1 aromatic carbocycles. The van der Waals surface area contributed by atoms with E-state index in [1.54, 1.807) is 19.2 Å². The number of nitrogens with one attached hydrogen (secondary N) is 1. The van der Waals surface area contributed by atoms with Crippen molar-refractivity contribution < 1.29 is 14.6 Å². The lowest BCUT2D eigenvalue weighted by atomic mass is 10.1. The maximum Gasteiger partial charge on any atom is 0.257 e. The van der Waals surface area contributed by atoms with Crippen molar-refractivity contribution in [2.24, 2.45) is 0 Å². The maximum atomic E-state index is 11.4. The van der Waals surface area contributed by atoms with Gasteiger partial charge >= 0.3 is 0 Å². The summed E-state index contributed by atoms with van der Waals surface area (Å²) in [5.74, 6) is -0.421. The minimum atomic E-state index is -1.14. The van der Waals surface area contributed by atoms with Crippen molar-refractivity contribution >= 4 is 28.9 Å². The first-order valence-electron chi connectivity index (χ1n) is 5.99. The summed E-state index contributed by atoms with van der Waals surface area (Å²) >= 11 is 6.23. The third-order valence-electron chi connectivity index (χ3n) is 3.37. The summed E-state index contributed by atoms with van der Waals surface area (Å²) in [6.45, 7) is 2.58. The van der Waals surface area contributed by atoms with Gasteiger partial charge in [-0.3, -0.25) is 4.79 Å². The zero-order valence-electron chi connectivity index (χ0n) is 11.1. The van der Waals surface area contributed by atoms with Crippen molar-refractivity contribution in [3.05, 3.63) is 22.7 Å². The molecule has 2 N–H and O–H groups in total. The van der Waals surface area contributed by atoms with Crippen molar-refractivity contribution in [3.8, 4) is 0 Å². The van der Waals surface area contributed by atoms with Gasteiger partial charge in [0.1, 0.15) is 0 Å². The topological polar surface area (TPSA) is 61.8 Å². The second kappa shape index (κ2) is 5.36. The van der Waals surface area contributed by atoms with Crippen molar-refractivity contribution in [1.29, 1.82) is 0 Å². The molecule has 1 amide bonds. The second-order valence-electron chi connectivity index (χ2n) is 4.70. The maximum absolute atomic E-state index is 11.4. The standard InChI is InChI=1S/C13H17ClN2O3/c1-7(6-19-3)16(2)11-5-10-8(4-9(11)14)12(17)13(18)15-10/h4-5,7,12,17H,6H2,1-3H3,(H,15,18). The van der Waals surface area contributed by atoms with Gasteiger partial charge in [0.15, 0.2) is 6.10 Å².